The molecule has 0 radical (unpaired) electrons. The van der Waals surface area contributed by atoms with Gasteiger partial charge in [-0.15, -0.1) is 0 Å². The van der Waals surface area contributed by atoms with Crippen molar-refractivity contribution in [3.05, 3.63) is 41.6 Å². The Morgan fingerprint density at radius 3 is 2.31 bits per heavy atom. The van der Waals surface area contributed by atoms with E-state index in [1.54, 1.807) is 0 Å². The number of allylic oxidation sites excluding steroid dienone is 1. The van der Waals surface area contributed by atoms with Crippen LogP contribution in [0.4, 0.5) is 0 Å². The maximum Gasteiger partial charge on any atom is 0.110 e. The van der Waals surface area contributed by atoms with Crippen LogP contribution < -0.4 is 5.19 Å². The number of benzene rings is 1. The van der Waals surface area contributed by atoms with Crippen LogP contribution in [0.2, 0.25) is 13.1 Å². The molecular formula is C13H20O2Si. The number of hydrogen-bond acceptors (Lipinski definition) is 2. The molecule has 0 spiro atoms. The first-order chi connectivity index (χ1) is 7.54. The lowest BCUT2D eigenvalue weighted by atomic mass is 10.3. The Balaban J connectivity index is 3.10. The fourth-order valence-corrected chi connectivity index (χ4v) is 5.33. The van der Waals surface area contributed by atoms with Crippen LogP contribution in [0.15, 0.2) is 41.6 Å². The second kappa shape index (κ2) is 5.43. The van der Waals surface area contributed by atoms with Gasteiger partial charge in [0.15, 0.2) is 0 Å². The molecule has 0 aliphatic rings. The van der Waals surface area contributed by atoms with Crippen LogP contribution in [-0.4, -0.2) is 19.4 Å². The van der Waals surface area contributed by atoms with Gasteiger partial charge in [0.05, 0.1) is 0 Å². The summed E-state index contributed by atoms with van der Waals surface area (Å²) in [6.07, 6.45) is 1.84. The molecule has 1 N–H and O–H groups in total. The van der Waals surface area contributed by atoms with Crippen LogP contribution in [0.5, 0.6) is 0 Å². The van der Waals surface area contributed by atoms with Crippen molar-refractivity contribution in [3.8, 4) is 0 Å². The zero-order chi connectivity index (χ0) is 12.2. The molecule has 0 aliphatic heterocycles. The Bertz CT molecular complexity index is 357. The average molecular weight is 236 g/mol. The van der Waals surface area contributed by atoms with Gasteiger partial charge in [-0.1, -0.05) is 54.7 Å². The van der Waals surface area contributed by atoms with Gasteiger partial charge in [0, 0.05) is 0 Å². The van der Waals surface area contributed by atoms with Crippen molar-refractivity contribution in [2.45, 2.75) is 33.0 Å². The van der Waals surface area contributed by atoms with E-state index >= 15 is 0 Å². The smallest absolute Gasteiger partial charge is 0.110 e. The highest BCUT2D eigenvalue weighted by atomic mass is 28.3. The summed E-state index contributed by atoms with van der Waals surface area (Å²) in [5.74, 6) is 0. The molecule has 88 valence electrons. The minimum atomic E-state index is -1.72. The highest BCUT2D eigenvalue weighted by Crippen LogP contribution is 2.20. The molecule has 1 rings (SSSR count). The number of rotatable bonds is 4. The largest absolute Gasteiger partial charge is 0.251 e. The lowest BCUT2D eigenvalue weighted by Crippen LogP contribution is -2.47. The summed E-state index contributed by atoms with van der Waals surface area (Å²) in [6.45, 7) is 8.43. The Morgan fingerprint density at radius 2 is 1.88 bits per heavy atom. The Morgan fingerprint density at radius 1 is 1.31 bits per heavy atom. The molecule has 0 bridgehead atoms. The van der Waals surface area contributed by atoms with Crippen molar-refractivity contribution in [2.24, 2.45) is 0 Å². The van der Waals surface area contributed by atoms with Gasteiger partial charge >= 0.3 is 0 Å². The van der Waals surface area contributed by atoms with E-state index in [1.165, 1.54) is 10.4 Å². The van der Waals surface area contributed by atoms with Gasteiger partial charge in [-0.3, -0.25) is 5.26 Å². The topological polar surface area (TPSA) is 29.5 Å². The van der Waals surface area contributed by atoms with Crippen molar-refractivity contribution >= 4 is 13.3 Å². The van der Waals surface area contributed by atoms with E-state index in [0.29, 0.717) is 0 Å². The molecule has 16 heavy (non-hydrogen) atoms. The molecular weight excluding hydrogens is 216 g/mol. The van der Waals surface area contributed by atoms with Crippen molar-refractivity contribution in [1.29, 1.82) is 0 Å². The molecule has 1 atom stereocenters. The highest BCUT2D eigenvalue weighted by Gasteiger charge is 2.31. The first-order valence-corrected chi connectivity index (χ1v) is 8.56. The van der Waals surface area contributed by atoms with Crippen molar-refractivity contribution in [1.82, 2.24) is 0 Å². The Kier molecular flexibility index (Phi) is 4.47. The van der Waals surface area contributed by atoms with Crippen molar-refractivity contribution in [2.75, 3.05) is 0 Å². The molecule has 0 saturated carbocycles. The molecule has 1 unspecified atom stereocenters. The monoisotopic (exact) mass is 236 g/mol. The molecule has 0 aliphatic carbocycles. The van der Waals surface area contributed by atoms with Gasteiger partial charge in [0.2, 0.25) is 0 Å². The van der Waals surface area contributed by atoms with Crippen molar-refractivity contribution in [3.63, 3.8) is 0 Å². The summed E-state index contributed by atoms with van der Waals surface area (Å²) < 4.78 is 0. The Hall–Kier alpha value is -0.903. The van der Waals surface area contributed by atoms with E-state index in [-0.39, 0.29) is 6.10 Å². The minimum absolute atomic E-state index is 0.230. The van der Waals surface area contributed by atoms with Crippen LogP contribution in [-0.2, 0) is 4.89 Å². The predicted molar refractivity (Wildman–Crippen MR) is 70.5 cm³/mol. The molecule has 0 saturated heterocycles. The maximum absolute atomic E-state index is 8.83. The quantitative estimate of drug-likeness (QED) is 0.495. The lowest BCUT2D eigenvalue weighted by Gasteiger charge is -2.29. The average Bonchev–Trinajstić information content (AvgIpc) is 2.30. The molecule has 0 heterocycles. The zero-order valence-electron chi connectivity index (χ0n) is 10.4. The Labute approximate surface area is 98.5 Å². The normalized spacial score (nSPS) is 14.9. The van der Waals surface area contributed by atoms with E-state index in [0.717, 1.165) is 0 Å². The molecule has 0 fully saturated rings. The third-order valence-corrected chi connectivity index (χ3v) is 7.04. The lowest BCUT2D eigenvalue weighted by molar-refractivity contribution is -0.262. The van der Waals surface area contributed by atoms with Gasteiger partial charge in [0.1, 0.15) is 14.2 Å². The summed E-state index contributed by atoms with van der Waals surface area (Å²) in [4.78, 5) is 4.48. The van der Waals surface area contributed by atoms with Gasteiger partial charge < -0.3 is 0 Å². The minimum Gasteiger partial charge on any atom is -0.251 e. The number of hydrogen-bond donors (Lipinski definition) is 1. The van der Waals surface area contributed by atoms with Crippen LogP contribution in [0.3, 0.4) is 0 Å². The van der Waals surface area contributed by atoms with Crippen LogP contribution in [0, 0.1) is 0 Å². The van der Waals surface area contributed by atoms with E-state index in [1.807, 2.05) is 19.9 Å². The SMILES string of the molecule is C/C=C(\C(C)OO)[Si](C)(C)c1ccccc1. The maximum atomic E-state index is 8.83. The zero-order valence-corrected chi connectivity index (χ0v) is 11.4. The van der Waals surface area contributed by atoms with Gasteiger partial charge in [0.25, 0.3) is 0 Å². The fourth-order valence-electron chi connectivity index (χ4n) is 2.18. The first-order valence-electron chi connectivity index (χ1n) is 5.56. The van der Waals surface area contributed by atoms with Crippen molar-refractivity contribution < 1.29 is 10.1 Å². The van der Waals surface area contributed by atoms with E-state index in [2.05, 4.69) is 48.3 Å². The second-order valence-electron chi connectivity index (χ2n) is 4.48. The summed E-state index contributed by atoms with van der Waals surface area (Å²) in [5.41, 5.74) is 0. The highest BCUT2D eigenvalue weighted by molar-refractivity contribution is 6.95. The summed E-state index contributed by atoms with van der Waals surface area (Å²) in [6, 6.07) is 10.4. The second-order valence-corrected chi connectivity index (χ2v) is 8.89. The summed E-state index contributed by atoms with van der Waals surface area (Å²) in [5, 5.41) is 11.4. The summed E-state index contributed by atoms with van der Waals surface area (Å²) >= 11 is 0. The van der Waals surface area contributed by atoms with Crippen LogP contribution >= 0.6 is 0 Å². The van der Waals surface area contributed by atoms with Gasteiger partial charge in [-0.05, 0) is 19.0 Å². The van der Waals surface area contributed by atoms with Gasteiger partial charge in [-0.2, -0.15) is 0 Å². The molecule has 3 heteroatoms. The molecule has 2 nitrogen and oxygen atoms in total. The van der Waals surface area contributed by atoms with Crippen LogP contribution in [0.1, 0.15) is 13.8 Å². The third kappa shape index (κ3) is 2.61. The van der Waals surface area contributed by atoms with E-state index in [4.69, 9.17) is 5.26 Å². The predicted octanol–water partition coefficient (Wildman–Crippen LogP) is 2.97. The van der Waals surface area contributed by atoms with Gasteiger partial charge in [-0.25, -0.2) is 4.89 Å². The first kappa shape index (κ1) is 13.2. The third-order valence-electron chi connectivity index (χ3n) is 3.12. The summed E-state index contributed by atoms with van der Waals surface area (Å²) in [7, 11) is -1.72. The standard InChI is InChI=1S/C13H20O2Si/c1-5-13(11(2)15-14)16(3,4)12-9-7-6-8-10-12/h5-11,14H,1-4H3/b13-5+. The molecule has 0 aromatic heterocycles. The van der Waals surface area contributed by atoms with Crippen LogP contribution in [0.25, 0.3) is 0 Å². The molecule has 1 aromatic carbocycles. The fraction of sp³-hybridized carbons (Fsp3) is 0.385. The molecule has 0 amide bonds. The van der Waals surface area contributed by atoms with E-state index < -0.39 is 8.07 Å². The molecule has 1 aromatic rings. The van der Waals surface area contributed by atoms with E-state index in [9.17, 15) is 0 Å².